The van der Waals surface area contributed by atoms with Gasteiger partial charge in [-0.2, -0.15) is 0 Å². The summed E-state index contributed by atoms with van der Waals surface area (Å²) in [6, 6.07) is 4.92. The van der Waals surface area contributed by atoms with Gasteiger partial charge >= 0.3 is 0 Å². The molecule has 14 heavy (non-hydrogen) atoms. The van der Waals surface area contributed by atoms with Crippen molar-refractivity contribution in [3.8, 4) is 0 Å². The molecule has 2 nitrogen and oxygen atoms in total. The number of carbonyl (C=O) groups is 1. The van der Waals surface area contributed by atoms with Gasteiger partial charge in [-0.25, -0.2) is 4.39 Å². The minimum Gasteiger partial charge on any atom is -0.349 e. The Hall–Kier alpha value is -0.900. The highest BCUT2D eigenvalue weighted by Gasteiger charge is 2.22. The molecule has 1 aromatic carbocycles. The van der Waals surface area contributed by atoms with E-state index < -0.39 is 0 Å². The van der Waals surface area contributed by atoms with E-state index in [4.69, 9.17) is 0 Å². The number of carbonyl (C=O) groups excluding carboxylic acids is 1. The highest BCUT2D eigenvalue weighted by molar-refractivity contribution is 9.10. The van der Waals surface area contributed by atoms with E-state index in [0.717, 1.165) is 12.0 Å². The van der Waals surface area contributed by atoms with E-state index in [2.05, 4.69) is 21.2 Å². The summed E-state index contributed by atoms with van der Waals surface area (Å²) in [4.78, 5) is 11.0. The Kier molecular flexibility index (Phi) is 2.54. The Morgan fingerprint density at radius 2 is 2.29 bits per heavy atom. The fourth-order valence-corrected chi connectivity index (χ4v) is 1.84. The molecule has 1 aliphatic heterocycles. The van der Waals surface area contributed by atoms with E-state index in [0.29, 0.717) is 10.9 Å². The van der Waals surface area contributed by atoms with E-state index in [1.165, 1.54) is 6.07 Å². The molecular formula is C10H9BrFNO. The van der Waals surface area contributed by atoms with Crippen molar-refractivity contribution in [2.75, 3.05) is 0 Å². The van der Waals surface area contributed by atoms with Gasteiger partial charge in [-0.05, 0) is 40.0 Å². The quantitative estimate of drug-likeness (QED) is 0.824. The molecule has 1 N–H and O–H groups in total. The molecule has 1 atom stereocenters. The Morgan fingerprint density at radius 3 is 2.86 bits per heavy atom. The molecule has 0 saturated carbocycles. The maximum Gasteiger partial charge on any atom is 0.220 e. The van der Waals surface area contributed by atoms with E-state index in [9.17, 15) is 9.18 Å². The smallest absolute Gasteiger partial charge is 0.220 e. The van der Waals surface area contributed by atoms with Crippen LogP contribution in [0.4, 0.5) is 4.39 Å². The molecule has 0 unspecified atom stereocenters. The van der Waals surface area contributed by atoms with Crippen molar-refractivity contribution in [3.05, 3.63) is 34.1 Å². The first kappa shape index (κ1) is 9.65. The van der Waals surface area contributed by atoms with Crippen molar-refractivity contribution in [3.63, 3.8) is 0 Å². The Morgan fingerprint density at radius 1 is 1.50 bits per heavy atom. The van der Waals surface area contributed by atoms with Crippen LogP contribution in [0.5, 0.6) is 0 Å². The highest BCUT2D eigenvalue weighted by atomic mass is 79.9. The summed E-state index contributed by atoms with van der Waals surface area (Å²) in [6.45, 7) is 0. The van der Waals surface area contributed by atoms with Crippen LogP contribution in [0.2, 0.25) is 0 Å². The van der Waals surface area contributed by atoms with Crippen molar-refractivity contribution in [2.45, 2.75) is 18.9 Å². The molecule has 2 rings (SSSR count). The zero-order chi connectivity index (χ0) is 10.1. The molecule has 0 aromatic heterocycles. The second-order valence-electron chi connectivity index (χ2n) is 3.33. The maximum absolute atomic E-state index is 13.2. The number of amides is 1. The Labute approximate surface area is 89.6 Å². The van der Waals surface area contributed by atoms with Crippen LogP contribution in [-0.4, -0.2) is 5.91 Å². The summed E-state index contributed by atoms with van der Waals surface area (Å²) in [7, 11) is 0. The summed E-state index contributed by atoms with van der Waals surface area (Å²) < 4.78 is 13.6. The molecule has 0 radical (unpaired) electrons. The standard InChI is InChI=1S/C10H9BrFNO/c11-7-2-1-6(5-8(7)12)9-3-4-10(14)13-9/h1-2,5,9H,3-4H2,(H,13,14)/t9-/m0/s1. The second-order valence-corrected chi connectivity index (χ2v) is 4.19. The van der Waals surface area contributed by atoms with Crippen LogP contribution in [0.15, 0.2) is 22.7 Å². The van der Waals surface area contributed by atoms with Crippen molar-refractivity contribution < 1.29 is 9.18 Å². The van der Waals surface area contributed by atoms with Crippen molar-refractivity contribution in [1.29, 1.82) is 0 Å². The van der Waals surface area contributed by atoms with Crippen LogP contribution >= 0.6 is 15.9 Å². The fraction of sp³-hybridized carbons (Fsp3) is 0.300. The van der Waals surface area contributed by atoms with Gasteiger partial charge in [-0.15, -0.1) is 0 Å². The van der Waals surface area contributed by atoms with Crippen molar-refractivity contribution in [2.24, 2.45) is 0 Å². The Bertz CT molecular complexity index is 380. The number of benzene rings is 1. The molecule has 0 aliphatic carbocycles. The number of hydrogen-bond donors (Lipinski definition) is 1. The molecule has 0 spiro atoms. The van der Waals surface area contributed by atoms with Gasteiger partial charge in [0.05, 0.1) is 10.5 Å². The SMILES string of the molecule is O=C1CC[C@@H](c2ccc(Br)c(F)c2)N1. The predicted octanol–water partition coefficient (Wildman–Crippen LogP) is 2.54. The summed E-state index contributed by atoms with van der Waals surface area (Å²) in [5.74, 6) is -0.248. The molecule has 1 aromatic rings. The maximum atomic E-state index is 13.2. The fourth-order valence-electron chi connectivity index (χ4n) is 1.59. The zero-order valence-corrected chi connectivity index (χ0v) is 8.97. The minimum atomic E-state index is -0.288. The van der Waals surface area contributed by atoms with Crippen molar-refractivity contribution >= 4 is 21.8 Å². The lowest BCUT2D eigenvalue weighted by molar-refractivity contribution is -0.119. The number of rotatable bonds is 1. The van der Waals surface area contributed by atoms with Gasteiger partial charge in [0.1, 0.15) is 5.82 Å². The zero-order valence-electron chi connectivity index (χ0n) is 7.39. The monoisotopic (exact) mass is 257 g/mol. The van der Waals surface area contributed by atoms with Gasteiger partial charge in [-0.1, -0.05) is 6.07 Å². The lowest BCUT2D eigenvalue weighted by Crippen LogP contribution is -2.18. The van der Waals surface area contributed by atoms with E-state index >= 15 is 0 Å². The first-order chi connectivity index (χ1) is 6.66. The molecule has 1 amide bonds. The van der Waals surface area contributed by atoms with Crippen LogP contribution in [0.25, 0.3) is 0 Å². The number of halogens is 2. The second kappa shape index (κ2) is 3.69. The number of nitrogens with one attached hydrogen (secondary N) is 1. The molecule has 4 heteroatoms. The Balaban J connectivity index is 2.24. The van der Waals surface area contributed by atoms with Crippen LogP contribution in [0.3, 0.4) is 0 Å². The molecule has 1 aliphatic rings. The topological polar surface area (TPSA) is 29.1 Å². The van der Waals surface area contributed by atoms with Crippen LogP contribution in [0, 0.1) is 5.82 Å². The molecular weight excluding hydrogens is 249 g/mol. The van der Waals surface area contributed by atoms with E-state index in [1.54, 1.807) is 6.07 Å². The molecule has 1 heterocycles. The van der Waals surface area contributed by atoms with Crippen molar-refractivity contribution in [1.82, 2.24) is 5.32 Å². The molecule has 1 fully saturated rings. The average Bonchev–Trinajstić information content (AvgIpc) is 2.57. The van der Waals surface area contributed by atoms with Crippen LogP contribution < -0.4 is 5.32 Å². The predicted molar refractivity (Wildman–Crippen MR) is 54.2 cm³/mol. The van der Waals surface area contributed by atoms with Crippen LogP contribution in [0.1, 0.15) is 24.4 Å². The minimum absolute atomic E-state index is 0.0231. The molecule has 0 bridgehead atoms. The van der Waals surface area contributed by atoms with E-state index in [1.807, 2.05) is 6.07 Å². The summed E-state index contributed by atoms with van der Waals surface area (Å²) in [6.07, 6.45) is 1.28. The third-order valence-corrected chi connectivity index (χ3v) is 2.98. The van der Waals surface area contributed by atoms with Gasteiger partial charge in [0.25, 0.3) is 0 Å². The first-order valence-electron chi connectivity index (χ1n) is 4.41. The normalized spacial score (nSPS) is 21.0. The van der Waals surface area contributed by atoms with Gasteiger partial charge in [0, 0.05) is 6.42 Å². The van der Waals surface area contributed by atoms with Gasteiger partial charge < -0.3 is 5.32 Å². The average molecular weight is 258 g/mol. The summed E-state index contributed by atoms with van der Waals surface area (Å²) >= 11 is 3.09. The number of hydrogen-bond acceptors (Lipinski definition) is 1. The third kappa shape index (κ3) is 1.80. The highest BCUT2D eigenvalue weighted by Crippen LogP contribution is 2.26. The largest absolute Gasteiger partial charge is 0.349 e. The third-order valence-electron chi connectivity index (χ3n) is 2.34. The van der Waals surface area contributed by atoms with Gasteiger partial charge in [0.15, 0.2) is 0 Å². The summed E-state index contributed by atoms with van der Waals surface area (Å²) in [5, 5.41) is 2.80. The van der Waals surface area contributed by atoms with Gasteiger partial charge in [0.2, 0.25) is 5.91 Å². The first-order valence-corrected chi connectivity index (χ1v) is 5.20. The lowest BCUT2D eigenvalue weighted by atomic mass is 10.1. The van der Waals surface area contributed by atoms with Crippen LogP contribution in [-0.2, 0) is 4.79 Å². The lowest BCUT2D eigenvalue weighted by Gasteiger charge is -2.10. The molecule has 74 valence electrons. The molecule has 1 saturated heterocycles. The van der Waals surface area contributed by atoms with E-state index in [-0.39, 0.29) is 17.8 Å². The van der Waals surface area contributed by atoms with Gasteiger partial charge in [-0.3, -0.25) is 4.79 Å². The summed E-state index contributed by atoms with van der Waals surface area (Å²) in [5.41, 5.74) is 0.830.